The van der Waals surface area contributed by atoms with Crippen LogP contribution in [-0.2, 0) is 16.1 Å². The number of anilines is 1. The van der Waals surface area contributed by atoms with Crippen LogP contribution in [0.5, 0.6) is 0 Å². The van der Waals surface area contributed by atoms with Gasteiger partial charge in [-0.05, 0) is 36.8 Å². The molecule has 0 unspecified atom stereocenters. The molecule has 0 atom stereocenters. The molecule has 0 saturated carbocycles. The maximum absolute atomic E-state index is 12.8. The number of amides is 1. The van der Waals surface area contributed by atoms with Crippen molar-refractivity contribution >= 4 is 45.9 Å². The first-order valence-corrected chi connectivity index (χ1v) is 10.0. The average Bonchev–Trinajstić information content (AvgIpc) is 2.68. The van der Waals surface area contributed by atoms with E-state index in [-0.39, 0.29) is 17.2 Å². The number of hydrogen-bond acceptors (Lipinski definition) is 5. The summed E-state index contributed by atoms with van der Waals surface area (Å²) in [6.45, 7) is 2.66. The van der Waals surface area contributed by atoms with E-state index in [0.717, 1.165) is 5.56 Å². The lowest BCUT2D eigenvalue weighted by molar-refractivity contribution is -0.113. The summed E-state index contributed by atoms with van der Waals surface area (Å²) in [7, 11) is 1.57. The molecule has 0 aliphatic rings. The molecule has 0 saturated heterocycles. The van der Waals surface area contributed by atoms with Gasteiger partial charge < -0.3 is 10.1 Å². The molecule has 0 bridgehead atoms. The Morgan fingerprint density at radius 3 is 2.82 bits per heavy atom. The van der Waals surface area contributed by atoms with Crippen molar-refractivity contribution in [3.8, 4) is 0 Å². The minimum Gasteiger partial charge on any atom is -0.383 e. The molecule has 1 amide bonds. The van der Waals surface area contributed by atoms with Crippen LogP contribution in [0.4, 0.5) is 5.69 Å². The lowest BCUT2D eigenvalue weighted by atomic mass is 10.2. The van der Waals surface area contributed by atoms with E-state index in [1.54, 1.807) is 42.0 Å². The second-order valence-corrected chi connectivity index (χ2v) is 7.53. The molecule has 8 heteroatoms. The Labute approximate surface area is 171 Å². The number of halogens is 1. The van der Waals surface area contributed by atoms with Crippen molar-refractivity contribution in [2.75, 3.05) is 24.8 Å². The van der Waals surface area contributed by atoms with Crippen molar-refractivity contribution in [2.24, 2.45) is 0 Å². The van der Waals surface area contributed by atoms with Crippen LogP contribution in [0.3, 0.4) is 0 Å². The Bertz CT molecular complexity index is 1070. The summed E-state index contributed by atoms with van der Waals surface area (Å²) in [6, 6.07) is 12.6. The fourth-order valence-corrected chi connectivity index (χ4v) is 3.78. The smallest absolute Gasteiger partial charge is 0.262 e. The van der Waals surface area contributed by atoms with E-state index in [1.165, 1.54) is 11.8 Å². The van der Waals surface area contributed by atoms with E-state index in [0.29, 0.717) is 39.9 Å². The summed E-state index contributed by atoms with van der Waals surface area (Å²) in [6.07, 6.45) is 0. The number of rotatable bonds is 7. The summed E-state index contributed by atoms with van der Waals surface area (Å²) >= 11 is 7.37. The Morgan fingerprint density at radius 1 is 1.29 bits per heavy atom. The third-order valence-electron chi connectivity index (χ3n) is 4.08. The van der Waals surface area contributed by atoms with E-state index in [4.69, 9.17) is 16.3 Å². The topological polar surface area (TPSA) is 73.2 Å². The zero-order valence-corrected chi connectivity index (χ0v) is 17.1. The number of hydrogen-bond donors (Lipinski definition) is 1. The molecule has 0 aliphatic carbocycles. The number of nitrogens with zero attached hydrogens (tertiary/aromatic N) is 2. The normalized spacial score (nSPS) is 11.0. The van der Waals surface area contributed by atoms with Crippen molar-refractivity contribution in [2.45, 2.75) is 18.6 Å². The summed E-state index contributed by atoms with van der Waals surface area (Å²) in [4.78, 5) is 29.7. The van der Waals surface area contributed by atoms with Gasteiger partial charge in [0.1, 0.15) is 0 Å². The lowest BCUT2D eigenvalue weighted by Crippen LogP contribution is -2.26. The molecule has 3 aromatic rings. The number of para-hydroxylation sites is 1. The molecule has 0 spiro atoms. The number of carbonyl (C=O) groups is 1. The second kappa shape index (κ2) is 9.23. The number of aromatic nitrogens is 2. The number of thioether (sulfide) groups is 1. The summed E-state index contributed by atoms with van der Waals surface area (Å²) in [5.41, 5.74) is 2.03. The molecule has 2 aromatic carbocycles. The predicted octanol–water partition coefficient (Wildman–Crippen LogP) is 3.74. The van der Waals surface area contributed by atoms with Gasteiger partial charge in [-0.25, -0.2) is 4.98 Å². The number of methoxy groups -OCH3 is 1. The second-order valence-electron chi connectivity index (χ2n) is 6.18. The highest BCUT2D eigenvalue weighted by Crippen LogP contribution is 2.24. The van der Waals surface area contributed by atoms with Gasteiger partial charge in [0, 0.05) is 7.11 Å². The molecule has 0 aliphatic heterocycles. The van der Waals surface area contributed by atoms with Crippen LogP contribution in [0.2, 0.25) is 5.02 Å². The monoisotopic (exact) mass is 417 g/mol. The van der Waals surface area contributed by atoms with Crippen molar-refractivity contribution in [3.63, 3.8) is 0 Å². The number of carbonyl (C=O) groups excluding carboxylic acids is 1. The number of fused-ring (bicyclic) bond motifs is 1. The molecule has 1 aromatic heterocycles. The van der Waals surface area contributed by atoms with E-state index in [9.17, 15) is 9.59 Å². The molecule has 1 N–H and O–H groups in total. The minimum atomic E-state index is -0.226. The molecule has 146 valence electrons. The molecule has 6 nitrogen and oxygen atoms in total. The molecular formula is C20H20ClN3O3S. The van der Waals surface area contributed by atoms with Gasteiger partial charge >= 0.3 is 0 Å². The molecule has 0 radical (unpaired) electrons. The Balaban J connectivity index is 1.80. The fraction of sp³-hybridized carbons (Fsp3) is 0.250. The largest absolute Gasteiger partial charge is 0.383 e. The van der Waals surface area contributed by atoms with Crippen LogP contribution in [0.1, 0.15) is 5.56 Å². The molecule has 28 heavy (non-hydrogen) atoms. The van der Waals surface area contributed by atoms with E-state index < -0.39 is 0 Å². The van der Waals surface area contributed by atoms with E-state index in [2.05, 4.69) is 10.3 Å². The molecule has 3 rings (SSSR count). The van der Waals surface area contributed by atoms with Gasteiger partial charge in [0.05, 0.1) is 40.5 Å². The van der Waals surface area contributed by atoms with Crippen molar-refractivity contribution in [3.05, 3.63) is 63.4 Å². The maximum Gasteiger partial charge on any atom is 0.262 e. The van der Waals surface area contributed by atoms with Gasteiger partial charge in [-0.15, -0.1) is 0 Å². The highest BCUT2D eigenvalue weighted by Gasteiger charge is 2.14. The quantitative estimate of drug-likeness (QED) is 0.468. The Kier molecular flexibility index (Phi) is 6.72. The number of benzene rings is 2. The number of ether oxygens (including phenoxy) is 1. The van der Waals surface area contributed by atoms with E-state index >= 15 is 0 Å². The Hall–Kier alpha value is -2.35. The zero-order chi connectivity index (χ0) is 20.1. The lowest BCUT2D eigenvalue weighted by Gasteiger charge is -2.13. The highest BCUT2D eigenvalue weighted by atomic mass is 35.5. The maximum atomic E-state index is 12.8. The van der Waals surface area contributed by atoms with Crippen LogP contribution in [-0.4, -0.2) is 34.9 Å². The van der Waals surface area contributed by atoms with Gasteiger partial charge in [0.2, 0.25) is 5.91 Å². The van der Waals surface area contributed by atoms with Crippen molar-refractivity contribution in [1.82, 2.24) is 9.55 Å². The molecule has 0 fully saturated rings. The van der Waals surface area contributed by atoms with Crippen molar-refractivity contribution < 1.29 is 9.53 Å². The SMILES string of the molecule is COCCn1c(SCC(=O)Nc2ccc(C)cc2Cl)nc2ccccc2c1=O. The minimum absolute atomic E-state index is 0.0992. The third-order valence-corrected chi connectivity index (χ3v) is 5.37. The van der Waals surface area contributed by atoms with Crippen LogP contribution >= 0.6 is 23.4 Å². The highest BCUT2D eigenvalue weighted by molar-refractivity contribution is 7.99. The summed E-state index contributed by atoms with van der Waals surface area (Å²) < 4.78 is 6.65. The summed E-state index contributed by atoms with van der Waals surface area (Å²) in [5, 5.41) is 4.29. The van der Waals surface area contributed by atoms with Gasteiger partial charge in [0.15, 0.2) is 5.16 Å². The van der Waals surface area contributed by atoms with Gasteiger partial charge in [0.25, 0.3) is 5.56 Å². The van der Waals surface area contributed by atoms with Gasteiger partial charge in [-0.2, -0.15) is 0 Å². The van der Waals surface area contributed by atoms with Gasteiger partial charge in [-0.3, -0.25) is 14.2 Å². The van der Waals surface area contributed by atoms with Crippen LogP contribution in [0.25, 0.3) is 10.9 Å². The predicted molar refractivity (Wildman–Crippen MR) is 113 cm³/mol. The third kappa shape index (κ3) is 4.73. The van der Waals surface area contributed by atoms with Crippen molar-refractivity contribution in [1.29, 1.82) is 0 Å². The first-order chi connectivity index (χ1) is 13.5. The van der Waals surface area contributed by atoms with Crippen LogP contribution < -0.4 is 10.9 Å². The first-order valence-electron chi connectivity index (χ1n) is 8.67. The molecule has 1 heterocycles. The standard InChI is InChI=1S/C20H20ClN3O3S/c1-13-7-8-17(15(21)11-13)22-18(25)12-28-20-23-16-6-4-3-5-14(16)19(26)24(20)9-10-27-2/h3-8,11H,9-10,12H2,1-2H3,(H,22,25). The average molecular weight is 418 g/mol. The van der Waals surface area contributed by atoms with Crippen LogP contribution in [0.15, 0.2) is 52.4 Å². The zero-order valence-electron chi connectivity index (χ0n) is 15.6. The first kappa shape index (κ1) is 20.4. The number of aryl methyl sites for hydroxylation is 1. The number of nitrogens with one attached hydrogen (secondary N) is 1. The van der Waals surface area contributed by atoms with Gasteiger partial charge in [-0.1, -0.05) is 41.6 Å². The van der Waals surface area contributed by atoms with Crippen LogP contribution in [0, 0.1) is 6.92 Å². The Morgan fingerprint density at radius 2 is 2.07 bits per heavy atom. The molecular weight excluding hydrogens is 398 g/mol. The fourth-order valence-electron chi connectivity index (χ4n) is 2.68. The summed E-state index contributed by atoms with van der Waals surface area (Å²) in [5.74, 6) is -0.126. The van der Waals surface area contributed by atoms with E-state index in [1.807, 2.05) is 19.1 Å².